The molecular formula is C14H23BrN2O2S. The van der Waals surface area contributed by atoms with E-state index < -0.39 is 10.0 Å². The standard InChI is InChI=1S/C14H23BrN2O2S/c1-5-10(2)9-17(4)20(18,19)14-7-12(8-16)6-13(15)11(14)3/h6-7,10H,5,8-9,16H2,1-4H3. The van der Waals surface area contributed by atoms with Gasteiger partial charge in [0.1, 0.15) is 0 Å². The molecule has 0 aliphatic heterocycles. The van der Waals surface area contributed by atoms with E-state index >= 15 is 0 Å². The maximum absolute atomic E-state index is 12.7. The van der Waals surface area contributed by atoms with Crippen molar-refractivity contribution in [1.82, 2.24) is 4.31 Å². The number of halogens is 1. The average molecular weight is 363 g/mol. The maximum Gasteiger partial charge on any atom is 0.243 e. The van der Waals surface area contributed by atoms with Gasteiger partial charge in [0.2, 0.25) is 10.0 Å². The van der Waals surface area contributed by atoms with E-state index in [1.807, 2.05) is 13.0 Å². The van der Waals surface area contributed by atoms with Crippen molar-refractivity contribution >= 4 is 26.0 Å². The second-order valence-electron chi connectivity index (χ2n) is 5.20. The summed E-state index contributed by atoms with van der Waals surface area (Å²) in [6, 6.07) is 3.53. The summed E-state index contributed by atoms with van der Waals surface area (Å²) in [4.78, 5) is 0.332. The van der Waals surface area contributed by atoms with Crippen LogP contribution in [0.2, 0.25) is 0 Å². The summed E-state index contributed by atoms with van der Waals surface area (Å²) in [5.74, 6) is 0.330. The van der Waals surface area contributed by atoms with Crippen molar-refractivity contribution in [2.75, 3.05) is 13.6 Å². The minimum absolute atomic E-state index is 0.316. The lowest BCUT2D eigenvalue weighted by molar-refractivity contribution is 0.393. The molecule has 1 aromatic carbocycles. The third-order valence-electron chi connectivity index (χ3n) is 3.55. The Labute approximate surface area is 130 Å². The highest BCUT2D eigenvalue weighted by molar-refractivity contribution is 9.10. The van der Waals surface area contributed by atoms with Crippen LogP contribution >= 0.6 is 15.9 Å². The minimum atomic E-state index is -3.48. The molecule has 0 amide bonds. The third kappa shape index (κ3) is 3.81. The first kappa shape index (κ1) is 17.6. The fourth-order valence-electron chi connectivity index (χ4n) is 1.93. The van der Waals surface area contributed by atoms with Crippen LogP contribution in [0.4, 0.5) is 0 Å². The predicted octanol–water partition coefficient (Wildman–Crippen LogP) is 2.88. The summed E-state index contributed by atoms with van der Waals surface area (Å²) in [7, 11) is -1.85. The lowest BCUT2D eigenvalue weighted by Gasteiger charge is -2.22. The van der Waals surface area contributed by atoms with E-state index in [1.54, 1.807) is 20.0 Å². The van der Waals surface area contributed by atoms with Crippen LogP contribution in [0.15, 0.2) is 21.5 Å². The molecule has 0 radical (unpaired) electrons. The number of hydrogen-bond donors (Lipinski definition) is 1. The van der Waals surface area contributed by atoms with Gasteiger partial charge in [0.05, 0.1) is 4.90 Å². The molecule has 0 saturated heterocycles. The number of benzene rings is 1. The maximum atomic E-state index is 12.7. The normalized spacial score (nSPS) is 13.8. The highest BCUT2D eigenvalue weighted by Crippen LogP contribution is 2.28. The van der Waals surface area contributed by atoms with Gasteiger partial charge in [-0.15, -0.1) is 0 Å². The first-order valence-corrected chi connectivity index (χ1v) is 8.92. The van der Waals surface area contributed by atoms with Gasteiger partial charge < -0.3 is 5.73 Å². The van der Waals surface area contributed by atoms with Gasteiger partial charge in [-0.3, -0.25) is 0 Å². The van der Waals surface area contributed by atoms with Crippen LogP contribution in [0.1, 0.15) is 31.4 Å². The number of rotatable bonds is 6. The van der Waals surface area contributed by atoms with Crippen molar-refractivity contribution in [1.29, 1.82) is 0 Å². The summed E-state index contributed by atoms with van der Waals surface area (Å²) < 4.78 is 27.6. The molecule has 0 spiro atoms. The molecule has 20 heavy (non-hydrogen) atoms. The van der Waals surface area contributed by atoms with Crippen LogP contribution in [0.3, 0.4) is 0 Å². The predicted molar refractivity (Wildman–Crippen MR) is 86.0 cm³/mol. The van der Waals surface area contributed by atoms with Crippen LogP contribution in [0.5, 0.6) is 0 Å². The molecule has 0 heterocycles. The van der Waals surface area contributed by atoms with Crippen molar-refractivity contribution < 1.29 is 8.42 Å². The van der Waals surface area contributed by atoms with Crippen LogP contribution in [0, 0.1) is 12.8 Å². The lowest BCUT2D eigenvalue weighted by Crippen LogP contribution is -2.31. The van der Waals surface area contributed by atoms with Crippen molar-refractivity contribution in [3.63, 3.8) is 0 Å². The van der Waals surface area contributed by atoms with Crippen molar-refractivity contribution in [2.24, 2.45) is 11.7 Å². The van der Waals surface area contributed by atoms with Gasteiger partial charge in [0, 0.05) is 24.6 Å². The van der Waals surface area contributed by atoms with Crippen LogP contribution < -0.4 is 5.73 Å². The van der Waals surface area contributed by atoms with Gasteiger partial charge in [-0.2, -0.15) is 0 Å². The van der Waals surface area contributed by atoms with Gasteiger partial charge in [0.25, 0.3) is 0 Å². The molecule has 1 atom stereocenters. The van der Waals surface area contributed by atoms with E-state index in [0.29, 0.717) is 23.9 Å². The molecular weight excluding hydrogens is 340 g/mol. The quantitative estimate of drug-likeness (QED) is 0.845. The summed E-state index contributed by atoms with van der Waals surface area (Å²) in [5.41, 5.74) is 7.15. The van der Waals surface area contributed by atoms with Crippen molar-refractivity contribution in [2.45, 2.75) is 38.6 Å². The molecule has 4 nitrogen and oxygen atoms in total. The van der Waals surface area contributed by atoms with Crippen molar-refractivity contribution in [3.05, 3.63) is 27.7 Å². The number of sulfonamides is 1. The van der Waals surface area contributed by atoms with Crippen molar-refractivity contribution in [3.8, 4) is 0 Å². The van der Waals surface area contributed by atoms with E-state index in [2.05, 4.69) is 22.9 Å². The van der Waals surface area contributed by atoms with Crippen LogP contribution in [-0.2, 0) is 16.6 Å². The van der Waals surface area contributed by atoms with Gasteiger partial charge in [-0.1, -0.05) is 36.2 Å². The molecule has 0 aromatic heterocycles. The van der Waals surface area contributed by atoms with E-state index in [9.17, 15) is 8.42 Å². The molecule has 6 heteroatoms. The number of hydrogen-bond acceptors (Lipinski definition) is 3. The first-order valence-electron chi connectivity index (χ1n) is 6.69. The Morgan fingerprint density at radius 2 is 2.00 bits per heavy atom. The Kier molecular flexibility index (Phi) is 6.19. The fourth-order valence-corrected chi connectivity index (χ4v) is 4.15. The van der Waals surface area contributed by atoms with Gasteiger partial charge >= 0.3 is 0 Å². The molecule has 1 unspecified atom stereocenters. The smallest absolute Gasteiger partial charge is 0.243 e. The molecule has 0 aliphatic rings. The number of nitrogens with two attached hydrogens (primary N) is 1. The molecule has 0 fully saturated rings. The van der Waals surface area contributed by atoms with E-state index in [4.69, 9.17) is 5.73 Å². The molecule has 1 rings (SSSR count). The summed E-state index contributed by atoms with van der Waals surface area (Å²) in [6.45, 7) is 6.74. The van der Waals surface area contributed by atoms with Crippen LogP contribution in [0.25, 0.3) is 0 Å². The molecule has 0 bridgehead atoms. The largest absolute Gasteiger partial charge is 0.326 e. The Morgan fingerprint density at radius 1 is 1.40 bits per heavy atom. The minimum Gasteiger partial charge on any atom is -0.326 e. The SMILES string of the molecule is CCC(C)CN(C)S(=O)(=O)c1cc(CN)cc(Br)c1C. The Morgan fingerprint density at radius 3 is 2.50 bits per heavy atom. The Hall–Kier alpha value is -0.430. The van der Waals surface area contributed by atoms with Gasteiger partial charge in [-0.25, -0.2) is 12.7 Å². The first-order chi connectivity index (χ1) is 9.23. The van der Waals surface area contributed by atoms with Gasteiger partial charge in [0.15, 0.2) is 0 Å². The average Bonchev–Trinajstić information content (AvgIpc) is 2.40. The third-order valence-corrected chi connectivity index (χ3v) is 6.32. The molecule has 0 aliphatic carbocycles. The summed E-state index contributed by atoms with van der Waals surface area (Å²) >= 11 is 3.41. The lowest BCUT2D eigenvalue weighted by atomic mass is 10.1. The highest BCUT2D eigenvalue weighted by Gasteiger charge is 2.25. The summed E-state index contributed by atoms with van der Waals surface area (Å²) in [6.07, 6.45) is 0.950. The topological polar surface area (TPSA) is 63.4 Å². The van der Waals surface area contributed by atoms with E-state index in [-0.39, 0.29) is 0 Å². The molecule has 0 saturated carbocycles. The zero-order valence-electron chi connectivity index (χ0n) is 12.5. The fraction of sp³-hybridized carbons (Fsp3) is 0.571. The molecule has 2 N–H and O–H groups in total. The monoisotopic (exact) mass is 362 g/mol. The van der Waals surface area contributed by atoms with Gasteiger partial charge in [-0.05, 0) is 36.1 Å². The summed E-state index contributed by atoms with van der Waals surface area (Å²) in [5, 5.41) is 0. The zero-order valence-corrected chi connectivity index (χ0v) is 14.9. The van der Waals surface area contributed by atoms with Crippen LogP contribution in [-0.4, -0.2) is 26.3 Å². The molecule has 114 valence electrons. The molecule has 1 aromatic rings. The Balaban J connectivity index is 3.24. The van der Waals surface area contributed by atoms with E-state index in [0.717, 1.165) is 22.0 Å². The highest BCUT2D eigenvalue weighted by atomic mass is 79.9. The van der Waals surface area contributed by atoms with E-state index in [1.165, 1.54) is 4.31 Å². The zero-order chi connectivity index (χ0) is 15.5. The Bertz CT molecular complexity index is 573. The second kappa shape index (κ2) is 7.02. The second-order valence-corrected chi connectivity index (χ2v) is 8.07. The number of nitrogens with zero attached hydrogens (tertiary/aromatic N) is 1.